The number of aromatic nitrogens is 1. The lowest BCUT2D eigenvalue weighted by Crippen LogP contribution is -1.95. The highest BCUT2D eigenvalue weighted by molar-refractivity contribution is 6.32. The molecule has 0 saturated heterocycles. The standard InChI is InChI=1S/C11H11ClN2O2/c1-7-4-9(16-14-7)6-15-11-3-2-8(13)5-10(11)12/h2-5H,6,13H2,1H3. The molecule has 5 heteroatoms. The Bertz CT molecular complexity index is 496. The van der Waals surface area contributed by atoms with E-state index in [1.165, 1.54) is 0 Å². The van der Waals surface area contributed by atoms with Crippen LogP contribution in [0.15, 0.2) is 28.8 Å². The fourth-order valence-electron chi connectivity index (χ4n) is 1.27. The number of nitrogens with zero attached hydrogens (tertiary/aromatic N) is 1. The van der Waals surface area contributed by atoms with Crippen LogP contribution in [0.25, 0.3) is 0 Å². The number of anilines is 1. The molecule has 0 radical (unpaired) electrons. The molecular formula is C11H11ClN2O2. The van der Waals surface area contributed by atoms with Gasteiger partial charge in [-0.1, -0.05) is 16.8 Å². The summed E-state index contributed by atoms with van der Waals surface area (Å²) in [5.74, 6) is 1.23. The molecule has 0 unspecified atom stereocenters. The molecular weight excluding hydrogens is 228 g/mol. The predicted molar refractivity (Wildman–Crippen MR) is 61.4 cm³/mol. The Morgan fingerprint density at radius 1 is 1.44 bits per heavy atom. The van der Waals surface area contributed by atoms with Crippen molar-refractivity contribution in [2.45, 2.75) is 13.5 Å². The molecule has 0 bridgehead atoms. The summed E-state index contributed by atoms with van der Waals surface area (Å²) < 4.78 is 10.5. The third-order valence-corrected chi connectivity index (χ3v) is 2.30. The molecule has 2 aromatic rings. The van der Waals surface area contributed by atoms with Crippen molar-refractivity contribution in [1.82, 2.24) is 5.16 Å². The fraction of sp³-hybridized carbons (Fsp3) is 0.182. The van der Waals surface area contributed by atoms with E-state index in [1.807, 2.05) is 13.0 Å². The lowest BCUT2D eigenvalue weighted by atomic mass is 10.3. The maximum atomic E-state index is 5.95. The topological polar surface area (TPSA) is 61.3 Å². The zero-order valence-electron chi connectivity index (χ0n) is 8.74. The fourth-order valence-corrected chi connectivity index (χ4v) is 1.51. The minimum atomic E-state index is 0.296. The van der Waals surface area contributed by atoms with Gasteiger partial charge >= 0.3 is 0 Å². The Morgan fingerprint density at radius 2 is 2.25 bits per heavy atom. The SMILES string of the molecule is Cc1cc(COc2ccc(N)cc2Cl)on1. The zero-order chi connectivity index (χ0) is 11.5. The average Bonchev–Trinajstić information content (AvgIpc) is 2.63. The number of ether oxygens (including phenoxy) is 1. The number of hydrogen-bond acceptors (Lipinski definition) is 4. The van der Waals surface area contributed by atoms with E-state index in [4.69, 9.17) is 26.6 Å². The summed E-state index contributed by atoms with van der Waals surface area (Å²) >= 11 is 5.95. The number of aryl methyl sites for hydroxylation is 1. The molecule has 16 heavy (non-hydrogen) atoms. The molecule has 0 spiro atoms. The molecule has 0 saturated carbocycles. The van der Waals surface area contributed by atoms with E-state index in [-0.39, 0.29) is 0 Å². The molecule has 0 aliphatic rings. The zero-order valence-corrected chi connectivity index (χ0v) is 9.49. The Hall–Kier alpha value is -1.68. The third kappa shape index (κ3) is 2.46. The molecule has 1 heterocycles. The third-order valence-electron chi connectivity index (χ3n) is 2.00. The average molecular weight is 239 g/mol. The van der Waals surface area contributed by atoms with Gasteiger partial charge in [-0.2, -0.15) is 0 Å². The van der Waals surface area contributed by atoms with Crippen LogP contribution in [-0.2, 0) is 6.61 Å². The van der Waals surface area contributed by atoms with Crippen LogP contribution in [-0.4, -0.2) is 5.16 Å². The van der Waals surface area contributed by atoms with Gasteiger partial charge in [-0.25, -0.2) is 0 Å². The first kappa shape index (κ1) is 10.8. The van der Waals surface area contributed by atoms with E-state index in [2.05, 4.69) is 5.16 Å². The lowest BCUT2D eigenvalue weighted by molar-refractivity contribution is 0.249. The van der Waals surface area contributed by atoms with Gasteiger partial charge in [-0.3, -0.25) is 0 Å². The van der Waals surface area contributed by atoms with Gasteiger partial charge in [0.2, 0.25) is 0 Å². The van der Waals surface area contributed by atoms with Crippen molar-refractivity contribution in [3.05, 3.63) is 40.7 Å². The number of benzene rings is 1. The van der Waals surface area contributed by atoms with Crippen LogP contribution < -0.4 is 10.5 Å². The van der Waals surface area contributed by atoms with Crippen LogP contribution >= 0.6 is 11.6 Å². The second-order valence-electron chi connectivity index (χ2n) is 3.41. The van der Waals surface area contributed by atoms with Gasteiger partial charge in [-0.05, 0) is 25.1 Å². The lowest BCUT2D eigenvalue weighted by Gasteiger charge is -2.06. The highest BCUT2D eigenvalue weighted by atomic mass is 35.5. The summed E-state index contributed by atoms with van der Waals surface area (Å²) in [6, 6.07) is 6.90. The molecule has 0 amide bonds. The smallest absolute Gasteiger partial charge is 0.174 e. The van der Waals surface area contributed by atoms with E-state index < -0.39 is 0 Å². The summed E-state index contributed by atoms with van der Waals surface area (Å²) in [7, 11) is 0. The van der Waals surface area contributed by atoms with Crippen molar-refractivity contribution < 1.29 is 9.26 Å². The van der Waals surface area contributed by atoms with Gasteiger partial charge in [-0.15, -0.1) is 0 Å². The molecule has 2 rings (SSSR count). The Labute approximate surface area is 97.9 Å². The van der Waals surface area contributed by atoms with E-state index in [9.17, 15) is 0 Å². The minimum absolute atomic E-state index is 0.296. The first-order valence-electron chi connectivity index (χ1n) is 4.75. The van der Waals surface area contributed by atoms with E-state index >= 15 is 0 Å². The Morgan fingerprint density at radius 3 is 2.88 bits per heavy atom. The van der Waals surface area contributed by atoms with Crippen molar-refractivity contribution in [1.29, 1.82) is 0 Å². The molecule has 0 atom stereocenters. The van der Waals surface area contributed by atoms with Crippen LogP contribution in [0.1, 0.15) is 11.5 Å². The van der Waals surface area contributed by atoms with Crippen molar-refractivity contribution in [3.63, 3.8) is 0 Å². The maximum Gasteiger partial charge on any atom is 0.174 e. The quantitative estimate of drug-likeness (QED) is 0.836. The van der Waals surface area contributed by atoms with Gasteiger partial charge in [0.1, 0.15) is 12.4 Å². The largest absolute Gasteiger partial charge is 0.484 e. The molecule has 1 aromatic carbocycles. The van der Waals surface area contributed by atoms with Crippen LogP contribution in [0.5, 0.6) is 5.75 Å². The molecule has 0 aliphatic carbocycles. The number of nitrogens with two attached hydrogens (primary N) is 1. The van der Waals surface area contributed by atoms with Crippen LogP contribution in [0.2, 0.25) is 5.02 Å². The summed E-state index contributed by atoms with van der Waals surface area (Å²) in [5, 5.41) is 4.24. The van der Waals surface area contributed by atoms with Gasteiger partial charge in [0.05, 0.1) is 10.7 Å². The van der Waals surface area contributed by atoms with E-state index in [1.54, 1.807) is 18.2 Å². The highest BCUT2D eigenvalue weighted by Gasteiger charge is 2.05. The Kier molecular flexibility index (Phi) is 3.01. The summed E-state index contributed by atoms with van der Waals surface area (Å²) in [5.41, 5.74) is 7.00. The molecule has 0 fully saturated rings. The van der Waals surface area contributed by atoms with E-state index in [0.29, 0.717) is 28.8 Å². The normalized spacial score (nSPS) is 10.4. The van der Waals surface area contributed by atoms with E-state index in [0.717, 1.165) is 5.69 Å². The van der Waals surface area contributed by atoms with Crippen molar-refractivity contribution >= 4 is 17.3 Å². The van der Waals surface area contributed by atoms with Crippen molar-refractivity contribution in [2.24, 2.45) is 0 Å². The van der Waals surface area contributed by atoms with Crippen LogP contribution in [0.3, 0.4) is 0 Å². The number of nitrogen functional groups attached to an aromatic ring is 1. The molecule has 84 valence electrons. The summed E-state index contributed by atoms with van der Waals surface area (Å²) in [6.07, 6.45) is 0. The van der Waals surface area contributed by atoms with Crippen LogP contribution in [0, 0.1) is 6.92 Å². The molecule has 2 N–H and O–H groups in total. The minimum Gasteiger partial charge on any atom is -0.484 e. The molecule has 4 nitrogen and oxygen atoms in total. The van der Waals surface area contributed by atoms with Crippen molar-refractivity contribution in [3.8, 4) is 5.75 Å². The van der Waals surface area contributed by atoms with Gasteiger partial charge in [0, 0.05) is 11.8 Å². The number of hydrogen-bond donors (Lipinski definition) is 1. The summed E-state index contributed by atoms with van der Waals surface area (Å²) in [6.45, 7) is 2.15. The van der Waals surface area contributed by atoms with Crippen molar-refractivity contribution in [2.75, 3.05) is 5.73 Å². The maximum absolute atomic E-state index is 5.95. The van der Waals surface area contributed by atoms with Crippen LogP contribution in [0.4, 0.5) is 5.69 Å². The number of halogens is 1. The van der Waals surface area contributed by atoms with Gasteiger partial charge < -0.3 is 15.0 Å². The van der Waals surface area contributed by atoms with Gasteiger partial charge in [0.25, 0.3) is 0 Å². The van der Waals surface area contributed by atoms with Gasteiger partial charge in [0.15, 0.2) is 5.76 Å². The second-order valence-corrected chi connectivity index (χ2v) is 3.82. The summed E-state index contributed by atoms with van der Waals surface area (Å²) in [4.78, 5) is 0. The Balaban J connectivity index is 2.04. The highest BCUT2D eigenvalue weighted by Crippen LogP contribution is 2.27. The second kappa shape index (κ2) is 4.45. The molecule has 0 aliphatic heterocycles. The number of rotatable bonds is 3. The first-order valence-corrected chi connectivity index (χ1v) is 5.13. The monoisotopic (exact) mass is 238 g/mol. The first-order chi connectivity index (χ1) is 7.65. The predicted octanol–water partition coefficient (Wildman–Crippen LogP) is 2.80. The molecule has 1 aromatic heterocycles.